The van der Waals surface area contributed by atoms with Gasteiger partial charge in [-0.1, -0.05) is 85.8 Å². The van der Waals surface area contributed by atoms with Crippen molar-refractivity contribution in [3.8, 4) is 11.3 Å². The zero-order valence-corrected chi connectivity index (χ0v) is 27.2. The fraction of sp³-hybridized carbons (Fsp3) is 0.231. The van der Waals surface area contributed by atoms with Crippen molar-refractivity contribution >= 4 is 39.6 Å². The number of amides is 2. The smallest absolute Gasteiger partial charge is 0.433 e. The molecule has 0 spiro atoms. The van der Waals surface area contributed by atoms with Crippen LogP contribution in [0.4, 0.5) is 10.5 Å². The van der Waals surface area contributed by atoms with E-state index in [1.807, 2.05) is 66.7 Å². The summed E-state index contributed by atoms with van der Waals surface area (Å²) < 4.78 is 7.50. The molecular formula is C39H38N6O3. The van der Waals surface area contributed by atoms with Crippen LogP contribution < -0.4 is 10.4 Å². The highest BCUT2D eigenvalue weighted by Crippen LogP contribution is 2.34. The molecule has 0 radical (unpaired) electrons. The molecule has 1 saturated heterocycles. The maximum Gasteiger partial charge on any atom is 0.433 e. The topological polar surface area (TPSA) is 92.6 Å². The van der Waals surface area contributed by atoms with E-state index in [9.17, 15) is 9.59 Å². The van der Waals surface area contributed by atoms with E-state index in [1.165, 1.54) is 12.6 Å². The Morgan fingerprint density at radius 1 is 0.833 bits per heavy atom. The minimum Gasteiger partial charge on any atom is -0.451 e. The maximum absolute atomic E-state index is 14.5. The standard InChI is InChI=1S/C39H38N6O3/c1-3-35-40-33-20-12-13-21-34(33)44(35)28-22-24-43(25-23-28)26-31-36(38(46)42-45(39(47)48-2)29-16-8-5-9-17-29)30-18-10-11-19-32(30)41-37(31)27-14-6-4-7-15-27/h4-21,28H,3,22-26H2,1-2H3,(H,42,46). The lowest BCUT2D eigenvalue weighted by Crippen LogP contribution is -2.47. The summed E-state index contributed by atoms with van der Waals surface area (Å²) in [4.78, 5) is 39.9. The van der Waals surface area contributed by atoms with Gasteiger partial charge in [0.15, 0.2) is 0 Å². The molecule has 1 aliphatic heterocycles. The van der Waals surface area contributed by atoms with Crippen LogP contribution in [-0.2, 0) is 17.7 Å². The second-order valence-corrected chi connectivity index (χ2v) is 12.0. The first-order valence-corrected chi connectivity index (χ1v) is 16.4. The zero-order chi connectivity index (χ0) is 33.0. The van der Waals surface area contributed by atoms with Gasteiger partial charge >= 0.3 is 6.09 Å². The molecule has 9 nitrogen and oxygen atoms in total. The van der Waals surface area contributed by atoms with Gasteiger partial charge in [-0.15, -0.1) is 0 Å². The van der Waals surface area contributed by atoms with Crippen molar-refractivity contribution in [3.05, 3.63) is 126 Å². The molecule has 0 bridgehead atoms. The van der Waals surface area contributed by atoms with E-state index < -0.39 is 12.0 Å². The Labute approximate surface area is 279 Å². The first-order chi connectivity index (χ1) is 23.6. The van der Waals surface area contributed by atoms with Gasteiger partial charge in [-0.05, 0) is 43.2 Å². The molecule has 2 amide bonds. The molecule has 9 heteroatoms. The highest BCUT2D eigenvalue weighted by Gasteiger charge is 2.29. The summed E-state index contributed by atoms with van der Waals surface area (Å²) in [5.41, 5.74) is 9.26. The molecule has 242 valence electrons. The van der Waals surface area contributed by atoms with Crippen molar-refractivity contribution in [2.45, 2.75) is 38.8 Å². The second-order valence-electron chi connectivity index (χ2n) is 12.0. The lowest BCUT2D eigenvalue weighted by atomic mass is 9.94. The zero-order valence-electron chi connectivity index (χ0n) is 27.2. The number of ether oxygens (including phenoxy) is 1. The highest BCUT2D eigenvalue weighted by molar-refractivity contribution is 6.10. The molecule has 7 rings (SSSR count). The monoisotopic (exact) mass is 638 g/mol. The van der Waals surface area contributed by atoms with Gasteiger partial charge in [0.05, 0.1) is 40.6 Å². The summed E-state index contributed by atoms with van der Waals surface area (Å²) in [6, 6.07) is 35.3. The SMILES string of the molecule is CCc1nc2ccccc2n1C1CCN(Cc2c(-c3ccccc3)nc3ccccc3c2C(=O)NN(C(=O)OC)c2ccccc2)CC1. The third-order valence-electron chi connectivity index (χ3n) is 9.14. The molecule has 2 aromatic heterocycles. The Kier molecular flexibility index (Phi) is 8.85. The minimum absolute atomic E-state index is 0.342. The second kappa shape index (κ2) is 13.7. The first-order valence-electron chi connectivity index (χ1n) is 16.4. The number of carbonyl (C=O) groups excluding carboxylic acids is 2. The highest BCUT2D eigenvalue weighted by atomic mass is 16.5. The van der Waals surface area contributed by atoms with Gasteiger partial charge in [0, 0.05) is 48.6 Å². The quantitative estimate of drug-likeness (QED) is 0.181. The predicted molar refractivity (Wildman–Crippen MR) is 189 cm³/mol. The van der Waals surface area contributed by atoms with Crippen LogP contribution in [0.3, 0.4) is 0 Å². The number of fused-ring (bicyclic) bond motifs is 2. The maximum atomic E-state index is 14.5. The number of imidazole rings is 1. The number of likely N-dealkylation sites (tertiary alicyclic amines) is 1. The Bertz CT molecular complexity index is 2070. The van der Waals surface area contributed by atoms with Crippen molar-refractivity contribution in [1.29, 1.82) is 0 Å². The Balaban J connectivity index is 1.27. The molecule has 48 heavy (non-hydrogen) atoms. The molecule has 0 saturated carbocycles. The Morgan fingerprint density at radius 3 is 2.19 bits per heavy atom. The van der Waals surface area contributed by atoms with E-state index in [2.05, 4.69) is 40.0 Å². The van der Waals surface area contributed by atoms with Gasteiger partial charge in [-0.3, -0.25) is 15.1 Å². The van der Waals surface area contributed by atoms with Gasteiger partial charge in [0.1, 0.15) is 5.82 Å². The van der Waals surface area contributed by atoms with Crippen molar-refractivity contribution in [3.63, 3.8) is 0 Å². The summed E-state index contributed by atoms with van der Waals surface area (Å²) in [5, 5.41) is 1.87. The van der Waals surface area contributed by atoms with Crippen LogP contribution >= 0.6 is 0 Å². The summed E-state index contributed by atoms with van der Waals surface area (Å²) in [6.07, 6.45) is 2.10. The minimum atomic E-state index is -0.696. The van der Waals surface area contributed by atoms with Gasteiger partial charge in [0.25, 0.3) is 5.91 Å². The fourth-order valence-corrected chi connectivity index (χ4v) is 6.85. The van der Waals surface area contributed by atoms with Crippen LogP contribution in [-0.4, -0.2) is 51.6 Å². The van der Waals surface area contributed by atoms with Crippen LogP contribution in [0.15, 0.2) is 109 Å². The molecule has 1 N–H and O–H groups in total. The average Bonchev–Trinajstić information content (AvgIpc) is 3.53. The van der Waals surface area contributed by atoms with E-state index in [0.717, 1.165) is 70.9 Å². The number of hydrazine groups is 1. The number of pyridine rings is 1. The van der Waals surface area contributed by atoms with Crippen LogP contribution in [0.25, 0.3) is 33.2 Å². The number of carbonyl (C=O) groups is 2. The third-order valence-corrected chi connectivity index (χ3v) is 9.14. The number of nitrogens with one attached hydrogen (secondary N) is 1. The van der Waals surface area contributed by atoms with E-state index in [1.54, 1.807) is 24.3 Å². The number of hydrogen-bond donors (Lipinski definition) is 1. The van der Waals surface area contributed by atoms with Crippen LogP contribution in [0, 0.1) is 0 Å². The fourth-order valence-electron chi connectivity index (χ4n) is 6.85. The van der Waals surface area contributed by atoms with Crippen molar-refractivity contribution < 1.29 is 14.3 Å². The van der Waals surface area contributed by atoms with Crippen LogP contribution in [0.2, 0.25) is 0 Å². The molecule has 3 heterocycles. The number of hydrogen-bond acceptors (Lipinski definition) is 6. The number of aromatic nitrogens is 3. The predicted octanol–water partition coefficient (Wildman–Crippen LogP) is 7.57. The third kappa shape index (κ3) is 6.00. The number of aryl methyl sites for hydroxylation is 1. The number of rotatable bonds is 7. The number of piperidine rings is 1. The van der Waals surface area contributed by atoms with Crippen LogP contribution in [0.1, 0.15) is 47.6 Å². The molecule has 0 atom stereocenters. The number of nitrogens with zero attached hydrogens (tertiary/aromatic N) is 5. The largest absolute Gasteiger partial charge is 0.451 e. The van der Waals surface area contributed by atoms with Gasteiger partial charge in [0.2, 0.25) is 0 Å². The van der Waals surface area contributed by atoms with Crippen molar-refractivity contribution in [2.24, 2.45) is 0 Å². The number of anilines is 1. The normalized spacial score (nSPS) is 13.9. The van der Waals surface area contributed by atoms with Crippen molar-refractivity contribution in [2.75, 3.05) is 25.2 Å². The Hall–Kier alpha value is -5.54. The number of methoxy groups -OCH3 is 1. The molecule has 4 aromatic carbocycles. The summed E-state index contributed by atoms with van der Waals surface area (Å²) in [7, 11) is 1.30. The molecule has 0 aliphatic carbocycles. The van der Waals surface area contributed by atoms with Gasteiger partial charge in [-0.2, -0.15) is 5.01 Å². The summed E-state index contributed by atoms with van der Waals surface area (Å²) in [6.45, 7) is 4.38. The van der Waals surface area contributed by atoms with Crippen molar-refractivity contribution in [1.82, 2.24) is 24.9 Å². The summed E-state index contributed by atoms with van der Waals surface area (Å²) in [5.74, 6) is 0.703. The van der Waals surface area contributed by atoms with E-state index in [4.69, 9.17) is 14.7 Å². The van der Waals surface area contributed by atoms with E-state index >= 15 is 0 Å². The van der Waals surface area contributed by atoms with Crippen LogP contribution in [0.5, 0.6) is 0 Å². The molecule has 6 aromatic rings. The molecule has 1 fully saturated rings. The van der Waals surface area contributed by atoms with Gasteiger partial charge < -0.3 is 9.30 Å². The van der Waals surface area contributed by atoms with Gasteiger partial charge in [-0.25, -0.2) is 14.8 Å². The van der Waals surface area contributed by atoms with E-state index in [0.29, 0.717) is 29.4 Å². The molecule has 1 aliphatic rings. The average molecular weight is 639 g/mol. The first kappa shape index (κ1) is 31.1. The molecular weight excluding hydrogens is 600 g/mol. The molecule has 0 unspecified atom stereocenters. The lowest BCUT2D eigenvalue weighted by molar-refractivity contribution is 0.0939. The lowest BCUT2D eigenvalue weighted by Gasteiger charge is -2.34. The Morgan fingerprint density at radius 2 is 1.48 bits per heavy atom. The summed E-state index contributed by atoms with van der Waals surface area (Å²) >= 11 is 0. The van der Waals surface area contributed by atoms with E-state index in [-0.39, 0.29) is 0 Å². The number of benzene rings is 4. The number of para-hydroxylation sites is 4.